The molecule has 0 spiro atoms. The molecular formula is C22H27N3O3. The van der Waals surface area contributed by atoms with Crippen LogP contribution >= 0.6 is 0 Å². The van der Waals surface area contributed by atoms with E-state index < -0.39 is 0 Å². The minimum Gasteiger partial charge on any atom is -0.379 e. The summed E-state index contributed by atoms with van der Waals surface area (Å²) in [6.45, 7) is 8.52. The molecule has 0 bridgehead atoms. The Hall–Kier alpha value is -2.44. The molecule has 148 valence electrons. The van der Waals surface area contributed by atoms with Crippen LogP contribution in [0.3, 0.4) is 0 Å². The van der Waals surface area contributed by atoms with Gasteiger partial charge in [0.1, 0.15) is 5.56 Å². The molecule has 0 N–H and O–H groups in total. The van der Waals surface area contributed by atoms with Gasteiger partial charge >= 0.3 is 0 Å². The number of morpholine rings is 1. The number of nitrogens with zero attached hydrogens (tertiary/aromatic N) is 3. The van der Waals surface area contributed by atoms with Crippen molar-refractivity contribution in [2.45, 2.75) is 25.9 Å². The van der Waals surface area contributed by atoms with Crippen LogP contribution in [0.2, 0.25) is 0 Å². The molecular weight excluding hydrogens is 354 g/mol. The molecule has 2 aliphatic rings. The number of ether oxygens (including phenoxy) is 1. The molecule has 1 aromatic carbocycles. The third-order valence-electron chi connectivity index (χ3n) is 5.95. The highest BCUT2D eigenvalue weighted by molar-refractivity contribution is 5.95. The Morgan fingerprint density at radius 3 is 2.46 bits per heavy atom. The Morgan fingerprint density at radius 1 is 1.11 bits per heavy atom. The minimum absolute atomic E-state index is 0.127. The van der Waals surface area contributed by atoms with E-state index in [4.69, 9.17) is 4.74 Å². The second-order valence-electron chi connectivity index (χ2n) is 7.69. The highest BCUT2D eigenvalue weighted by atomic mass is 16.5. The van der Waals surface area contributed by atoms with Crippen molar-refractivity contribution in [3.8, 4) is 0 Å². The summed E-state index contributed by atoms with van der Waals surface area (Å²) in [6.07, 6.45) is 1.79. The summed E-state index contributed by atoms with van der Waals surface area (Å²) >= 11 is 0. The molecule has 1 aromatic heterocycles. The van der Waals surface area contributed by atoms with Crippen LogP contribution in [0.4, 0.5) is 0 Å². The van der Waals surface area contributed by atoms with E-state index in [1.807, 2.05) is 50.2 Å². The number of amides is 1. The molecule has 0 saturated carbocycles. The molecule has 2 aliphatic heterocycles. The lowest BCUT2D eigenvalue weighted by atomic mass is 10.0. The molecule has 0 aliphatic carbocycles. The smallest absolute Gasteiger partial charge is 0.264 e. The maximum absolute atomic E-state index is 13.2. The predicted octanol–water partition coefficient (Wildman–Crippen LogP) is 1.92. The van der Waals surface area contributed by atoms with Crippen LogP contribution in [-0.2, 0) is 4.74 Å². The zero-order valence-corrected chi connectivity index (χ0v) is 16.5. The summed E-state index contributed by atoms with van der Waals surface area (Å²) in [7, 11) is 0. The van der Waals surface area contributed by atoms with Crippen LogP contribution in [0.15, 0.2) is 47.4 Å². The molecule has 28 heavy (non-hydrogen) atoms. The van der Waals surface area contributed by atoms with Gasteiger partial charge in [-0.25, -0.2) is 0 Å². The number of rotatable bonds is 4. The summed E-state index contributed by atoms with van der Waals surface area (Å²) in [5.41, 5.74) is 1.87. The number of pyridine rings is 1. The molecule has 4 rings (SSSR count). The van der Waals surface area contributed by atoms with E-state index in [-0.39, 0.29) is 17.5 Å². The van der Waals surface area contributed by atoms with Crippen LogP contribution in [0.5, 0.6) is 0 Å². The van der Waals surface area contributed by atoms with E-state index in [9.17, 15) is 9.59 Å². The van der Waals surface area contributed by atoms with Crippen LogP contribution in [-0.4, -0.2) is 65.7 Å². The summed E-state index contributed by atoms with van der Waals surface area (Å²) in [6, 6.07) is 12.0. The maximum atomic E-state index is 13.2. The van der Waals surface area contributed by atoms with Crippen molar-refractivity contribution in [2.75, 3.05) is 39.4 Å². The number of likely N-dealkylation sites (tertiary alicyclic amines) is 1. The number of carbonyl (C=O) groups excluding carboxylic acids is 1. The molecule has 0 radical (unpaired) electrons. The first-order chi connectivity index (χ1) is 13.6. The highest BCUT2D eigenvalue weighted by Gasteiger charge is 2.37. The quantitative estimate of drug-likeness (QED) is 0.812. The van der Waals surface area contributed by atoms with Crippen molar-refractivity contribution in [1.82, 2.24) is 14.4 Å². The molecule has 1 unspecified atom stereocenters. The Balaban J connectivity index is 1.53. The first-order valence-corrected chi connectivity index (χ1v) is 9.94. The number of hydrogen-bond donors (Lipinski definition) is 0. The largest absolute Gasteiger partial charge is 0.379 e. The van der Waals surface area contributed by atoms with Gasteiger partial charge in [-0.1, -0.05) is 30.3 Å². The second kappa shape index (κ2) is 7.89. The summed E-state index contributed by atoms with van der Waals surface area (Å²) in [4.78, 5) is 30.4. The lowest BCUT2D eigenvalue weighted by Gasteiger charge is -2.46. The number of hydrogen-bond acceptors (Lipinski definition) is 4. The molecule has 1 atom stereocenters. The lowest BCUT2D eigenvalue weighted by molar-refractivity contribution is -0.0257. The second-order valence-corrected chi connectivity index (χ2v) is 7.69. The van der Waals surface area contributed by atoms with Gasteiger partial charge in [0.15, 0.2) is 0 Å². The third-order valence-corrected chi connectivity index (χ3v) is 5.95. The number of benzene rings is 1. The monoisotopic (exact) mass is 381 g/mol. The average molecular weight is 381 g/mol. The van der Waals surface area contributed by atoms with Gasteiger partial charge in [-0.05, 0) is 31.0 Å². The van der Waals surface area contributed by atoms with Crippen LogP contribution in [0, 0.1) is 6.92 Å². The maximum Gasteiger partial charge on any atom is 0.264 e. The van der Waals surface area contributed by atoms with Gasteiger partial charge in [0.25, 0.3) is 11.5 Å². The summed E-state index contributed by atoms with van der Waals surface area (Å²) < 4.78 is 7.06. The standard InChI is InChI=1S/C22H27N3O3/c1-16-8-9-25(17(2)18-6-4-3-5-7-18)22(27)20(16)21(26)24-14-19(15-24)23-10-12-28-13-11-23/h3-9,17,19H,10-15H2,1-2H3. The Kier molecular flexibility index (Phi) is 5.33. The Labute approximate surface area is 165 Å². The van der Waals surface area contributed by atoms with E-state index in [1.165, 1.54) is 0 Å². The first kappa shape index (κ1) is 18.9. The van der Waals surface area contributed by atoms with E-state index in [0.29, 0.717) is 24.7 Å². The van der Waals surface area contributed by atoms with Gasteiger partial charge in [-0.3, -0.25) is 14.5 Å². The SMILES string of the molecule is Cc1ccn(C(C)c2ccccc2)c(=O)c1C(=O)N1CC(N2CCOCC2)C1. The van der Waals surface area contributed by atoms with Crippen LogP contribution < -0.4 is 5.56 Å². The molecule has 3 heterocycles. The number of carbonyl (C=O) groups is 1. The van der Waals surface area contributed by atoms with Gasteiger partial charge in [-0.15, -0.1) is 0 Å². The Morgan fingerprint density at radius 2 is 1.79 bits per heavy atom. The van der Waals surface area contributed by atoms with Crippen molar-refractivity contribution >= 4 is 5.91 Å². The molecule has 6 heteroatoms. The van der Waals surface area contributed by atoms with Gasteiger partial charge < -0.3 is 14.2 Å². The number of aryl methyl sites for hydroxylation is 1. The zero-order chi connectivity index (χ0) is 19.7. The van der Waals surface area contributed by atoms with Crippen molar-refractivity contribution in [3.05, 3.63) is 69.6 Å². The van der Waals surface area contributed by atoms with Crippen molar-refractivity contribution in [1.29, 1.82) is 0 Å². The van der Waals surface area contributed by atoms with E-state index in [1.54, 1.807) is 15.7 Å². The third kappa shape index (κ3) is 3.50. The first-order valence-electron chi connectivity index (χ1n) is 9.94. The van der Waals surface area contributed by atoms with Gasteiger partial charge in [0.05, 0.1) is 19.3 Å². The zero-order valence-electron chi connectivity index (χ0n) is 16.5. The molecule has 1 amide bonds. The fourth-order valence-electron chi connectivity index (χ4n) is 4.05. The minimum atomic E-state index is -0.212. The predicted molar refractivity (Wildman–Crippen MR) is 108 cm³/mol. The van der Waals surface area contributed by atoms with Crippen LogP contribution in [0.1, 0.15) is 34.5 Å². The Bertz CT molecular complexity index is 897. The van der Waals surface area contributed by atoms with Gasteiger partial charge in [0.2, 0.25) is 0 Å². The van der Waals surface area contributed by atoms with Crippen molar-refractivity contribution in [2.24, 2.45) is 0 Å². The highest BCUT2D eigenvalue weighted by Crippen LogP contribution is 2.21. The van der Waals surface area contributed by atoms with E-state index in [0.717, 1.165) is 37.4 Å². The summed E-state index contributed by atoms with van der Waals surface area (Å²) in [5, 5.41) is 0. The molecule has 2 fully saturated rings. The summed E-state index contributed by atoms with van der Waals surface area (Å²) in [5.74, 6) is -0.151. The van der Waals surface area contributed by atoms with Gasteiger partial charge in [0, 0.05) is 38.4 Å². The van der Waals surface area contributed by atoms with Crippen molar-refractivity contribution < 1.29 is 9.53 Å². The molecule has 6 nitrogen and oxygen atoms in total. The molecule has 2 aromatic rings. The van der Waals surface area contributed by atoms with E-state index in [2.05, 4.69) is 4.90 Å². The normalized spacial score (nSPS) is 19.3. The topological polar surface area (TPSA) is 54.8 Å². The molecule has 2 saturated heterocycles. The average Bonchev–Trinajstić information content (AvgIpc) is 2.68. The van der Waals surface area contributed by atoms with Gasteiger partial charge in [-0.2, -0.15) is 0 Å². The fraction of sp³-hybridized carbons (Fsp3) is 0.455. The van der Waals surface area contributed by atoms with Crippen molar-refractivity contribution in [3.63, 3.8) is 0 Å². The number of aromatic nitrogens is 1. The van der Waals surface area contributed by atoms with Crippen LogP contribution in [0.25, 0.3) is 0 Å². The fourth-order valence-corrected chi connectivity index (χ4v) is 4.05. The lowest BCUT2D eigenvalue weighted by Crippen LogP contribution is -2.63. The van der Waals surface area contributed by atoms with E-state index >= 15 is 0 Å².